The molecule has 0 radical (unpaired) electrons. The molecule has 0 unspecified atom stereocenters. The number of benzene rings is 1. The number of ether oxygens (including phenoxy) is 1. The van der Waals surface area contributed by atoms with Crippen molar-refractivity contribution in [2.45, 2.75) is 30.2 Å². The molecule has 164 valence electrons. The molecule has 1 amide bonds. The van der Waals surface area contributed by atoms with E-state index in [2.05, 4.69) is 10.0 Å². The number of nitrogens with zero attached hydrogens (tertiary/aromatic N) is 1. The number of anilines is 1. The molecular weight excluding hydrogens is 426 g/mol. The lowest BCUT2D eigenvalue weighted by Gasteiger charge is -2.37. The highest BCUT2D eigenvalue weighted by atomic mass is 32.2. The van der Waals surface area contributed by atoms with Gasteiger partial charge in [-0.1, -0.05) is 19.1 Å². The molecule has 8 nitrogen and oxygen atoms in total. The minimum Gasteiger partial charge on any atom is -0.486 e. The number of aliphatic hydroxyl groups is 1. The maximum Gasteiger partial charge on any atom is 0.271 e. The van der Waals surface area contributed by atoms with Gasteiger partial charge in [-0.2, -0.15) is 0 Å². The number of hydrogen-bond donors (Lipinski definition) is 3. The Kier molecular flexibility index (Phi) is 7.02. The number of amides is 1. The van der Waals surface area contributed by atoms with Crippen molar-refractivity contribution in [1.29, 1.82) is 0 Å². The van der Waals surface area contributed by atoms with E-state index in [4.69, 9.17) is 4.74 Å². The molecule has 0 aliphatic carbocycles. The molecule has 0 saturated carbocycles. The molecule has 0 spiro atoms. The van der Waals surface area contributed by atoms with Crippen LogP contribution in [0.1, 0.15) is 24.2 Å². The van der Waals surface area contributed by atoms with Crippen molar-refractivity contribution in [3.63, 3.8) is 0 Å². The normalized spacial score (nSPS) is 20.7. The summed E-state index contributed by atoms with van der Waals surface area (Å²) < 4.78 is 34.5. The molecule has 0 bridgehead atoms. The van der Waals surface area contributed by atoms with E-state index in [0.717, 1.165) is 11.3 Å². The second-order valence-corrected chi connectivity index (χ2v) is 10.3. The van der Waals surface area contributed by atoms with E-state index in [0.29, 0.717) is 13.1 Å². The molecule has 1 aromatic heterocycles. The number of likely N-dealkylation sites (N-methyl/N-ethyl adjacent to an activating group) is 1. The van der Waals surface area contributed by atoms with Gasteiger partial charge in [0, 0.05) is 19.0 Å². The molecular formula is C20H27N3O5S2. The fourth-order valence-corrected chi connectivity index (χ4v) is 5.44. The lowest BCUT2D eigenvalue weighted by molar-refractivity contribution is 0.0417. The second-order valence-electron chi connectivity index (χ2n) is 7.40. The maximum absolute atomic E-state index is 13.3. The van der Waals surface area contributed by atoms with Crippen LogP contribution in [0.25, 0.3) is 0 Å². The fourth-order valence-electron chi connectivity index (χ4n) is 3.38. The minimum absolute atomic E-state index is 0.0505. The van der Waals surface area contributed by atoms with E-state index in [1.54, 1.807) is 48.5 Å². The highest BCUT2D eigenvalue weighted by molar-refractivity contribution is 7.94. The third kappa shape index (κ3) is 4.61. The second kappa shape index (κ2) is 9.34. The zero-order valence-electron chi connectivity index (χ0n) is 17.2. The first-order valence-corrected chi connectivity index (χ1v) is 12.1. The largest absolute Gasteiger partial charge is 0.486 e. The number of fused-ring (bicyclic) bond motifs is 1. The summed E-state index contributed by atoms with van der Waals surface area (Å²) in [4.78, 5) is 14.9. The standard InChI is InChI=1S/C20H27N3O5S2/c1-13-11-23(14(2)12-24)20(25)15-6-4-7-16(19(15)28-17(13)10-21-3)22-30(26,27)18-8-5-9-29-18/h4-9,13-14,17,21-22,24H,10-12H2,1-3H3/t13-,14+,17-/m1/s1. The van der Waals surface area contributed by atoms with Gasteiger partial charge in [-0.3, -0.25) is 9.52 Å². The van der Waals surface area contributed by atoms with E-state index in [1.807, 2.05) is 6.92 Å². The molecule has 1 aromatic carbocycles. The zero-order chi connectivity index (χ0) is 21.9. The van der Waals surface area contributed by atoms with Gasteiger partial charge in [-0.05, 0) is 37.6 Å². The van der Waals surface area contributed by atoms with E-state index in [1.165, 1.54) is 6.07 Å². The number of rotatable bonds is 7. The smallest absolute Gasteiger partial charge is 0.271 e. The average molecular weight is 454 g/mol. The summed E-state index contributed by atoms with van der Waals surface area (Å²) in [5, 5.41) is 14.4. The van der Waals surface area contributed by atoms with Gasteiger partial charge >= 0.3 is 0 Å². The quantitative estimate of drug-likeness (QED) is 0.592. The third-order valence-corrected chi connectivity index (χ3v) is 7.86. The Morgan fingerprint density at radius 3 is 2.73 bits per heavy atom. The Morgan fingerprint density at radius 2 is 2.10 bits per heavy atom. The molecule has 10 heteroatoms. The monoisotopic (exact) mass is 453 g/mol. The van der Waals surface area contributed by atoms with Crippen LogP contribution in [0, 0.1) is 5.92 Å². The topological polar surface area (TPSA) is 108 Å². The van der Waals surface area contributed by atoms with Gasteiger partial charge in [0.05, 0.1) is 23.9 Å². The highest BCUT2D eigenvalue weighted by Crippen LogP contribution is 2.36. The van der Waals surface area contributed by atoms with Crippen LogP contribution >= 0.6 is 11.3 Å². The number of para-hydroxylation sites is 1. The highest BCUT2D eigenvalue weighted by Gasteiger charge is 2.34. The van der Waals surface area contributed by atoms with Crippen LogP contribution in [0.5, 0.6) is 5.75 Å². The van der Waals surface area contributed by atoms with E-state index < -0.39 is 10.0 Å². The number of carbonyl (C=O) groups is 1. The van der Waals surface area contributed by atoms with Gasteiger partial charge < -0.3 is 20.1 Å². The molecule has 1 aliphatic rings. The van der Waals surface area contributed by atoms with E-state index >= 15 is 0 Å². The summed E-state index contributed by atoms with van der Waals surface area (Å²) in [6.45, 7) is 4.51. The summed E-state index contributed by atoms with van der Waals surface area (Å²) in [7, 11) is -2.01. The Bertz CT molecular complexity index is 978. The van der Waals surface area contributed by atoms with Crippen LogP contribution in [0.4, 0.5) is 5.69 Å². The number of sulfonamides is 1. The predicted molar refractivity (Wildman–Crippen MR) is 117 cm³/mol. The zero-order valence-corrected chi connectivity index (χ0v) is 18.8. The number of thiophene rings is 1. The van der Waals surface area contributed by atoms with Gasteiger partial charge in [0.2, 0.25) is 0 Å². The molecule has 3 atom stereocenters. The number of aliphatic hydroxyl groups excluding tert-OH is 1. The predicted octanol–water partition coefficient (Wildman–Crippen LogP) is 1.99. The molecule has 3 N–H and O–H groups in total. The van der Waals surface area contributed by atoms with Crippen molar-refractivity contribution >= 4 is 33.0 Å². The first-order chi connectivity index (χ1) is 14.3. The van der Waals surface area contributed by atoms with Gasteiger partial charge in [0.15, 0.2) is 5.75 Å². The van der Waals surface area contributed by atoms with E-state index in [-0.39, 0.29) is 51.8 Å². The van der Waals surface area contributed by atoms with Crippen LogP contribution in [0.2, 0.25) is 0 Å². The van der Waals surface area contributed by atoms with Crippen molar-refractivity contribution in [3.8, 4) is 5.75 Å². The third-order valence-electron chi connectivity index (χ3n) is 5.10. The maximum atomic E-state index is 13.3. The Morgan fingerprint density at radius 1 is 1.33 bits per heavy atom. The van der Waals surface area contributed by atoms with Crippen LogP contribution in [-0.4, -0.2) is 63.2 Å². The number of hydrogen-bond acceptors (Lipinski definition) is 7. The molecule has 0 fully saturated rings. The van der Waals surface area contributed by atoms with Gasteiger partial charge in [0.1, 0.15) is 10.3 Å². The average Bonchev–Trinajstić information content (AvgIpc) is 3.26. The van der Waals surface area contributed by atoms with Crippen LogP contribution < -0.4 is 14.8 Å². The Balaban J connectivity index is 2.08. The first-order valence-electron chi connectivity index (χ1n) is 9.71. The number of nitrogens with one attached hydrogen (secondary N) is 2. The van der Waals surface area contributed by atoms with E-state index in [9.17, 15) is 18.3 Å². The lowest BCUT2D eigenvalue weighted by Crippen LogP contribution is -2.49. The van der Waals surface area contributed by atoms with Gasteiger partial charge in [-0.25, -0.2) is 8.42 Å². The summed E-state index contributed by atoms with van der Waals surface area (Å²) in [6.07, 6.45) is -0.303. The molecule has 2 aromatic rings. The van der Waals surface area contributed by atoms with Crippen LogP contribution in [0.15, 0.2) is 39.9 Å². The van der Waals surface area contributed by atoms with Crippen molar-refractivity contribution in [2.75, 3.05) is 31.5 Å². The minimum atomic E-state index is -3.81. The molecule has 30 heavy (non-hydrogen) atoms. The van der Waals surface area contributed by atoms with Crippen LogP contribution in [-0.2, 0) is 10.0 Å². The Labute approximate surface area is 180 Å². The summed E-state index contributed by atoms with van der Waals surface area (Å²) in [6, 6.07) is 7.61. The summed E-state index contributed by atoms with van der Waals surface area (Å²) in [5.41, 5.74) is 0.468. The molecule has 0 saturated heterocycles. The molecule has 1 aliphatic heterocycles. The summed E-state index contributed by atoms with van der Waals surface area (Å²) in [5.74, 6) is -0.159. The Hall–Kier alpha value is -2.14. The van der Waals surface area contributed by atoms with Crippen molar-refractivity contribution < 1.29 is 23.1 Å². The van der Waals surface area contributed by atoms with Gasteiger partial charge in [0.25, 0.3) is 15.9 Å². The number of carbonyl (C=O) groups excluding carboxylic acids is 1. The molecule has 2 heterocycles. The lowest BCUT2D eigenvalue weighted by atomic mass is 9.99. The fraction of sp³-hybridized carbons (Fsp3) is 0.450. The van der Waals surface area contributed by atoms with Gasteiger partial charge in [-0.15, -0.1) is 11.3 Å². The van der Waals surface area contributed by atoms with Crippen LogP contribution in [0.3, 0.4) is 0 Å². The van der Waals surface area contributed by atoms with Crippen molar-refractivity contribution in [1.82, 2.24) is 10.2 Å². The van der Waals surface area contributed by atoms with Crippen molar-refractivity contribution in [2.24, 2.45) is 5.92 Å². The first kappa shape index (κ1) is 22.5. The summed E-state index contributed by atoms with van der Waals surface area (Å²) >= 11 is 1.11. The molecule has 3 rings (SSSR count). The van der Waals surface area contributed by atoms with Crippen molar-refractivity contribution in [3.05, 3.63) is 41.3 Å². The SMILES string of the molecule is CNC[C@H]1Oc2c(NS(=O)(=O)c3cccs3)cccc2C(=O)N([C@@H](C)CO)C[C@H]1C.